The van der Waals surface area contributed by atoms with Gasteiger partial charge in [0.25, 0.3) is 5.91 Å². The highest BCUT2D eigenvalue weighted by Gasteiger charge is 2.43. The molecule has 2 heterocycles. The largest absolute Gasteiger partial charge is 0.492 e. The lowest BCUT2D eigenvalue weighted by molar-refractivity contribution is -0.124. The van der Waals surface area contributed by atoms with Crippen LogP contribution in [0.15, 0.2) is 12.1 Å². The first-order valence-electron chi connectivity index (χ1n) is 7.35. The van der Waals surface area contributed by atoms with E-state index in [4.69, 9.17) is 21.1 Å². The molecule has 2 aliphatic heterocycles. The van der Waals surface area contributed by atoms with E-state index in [9.17, 15) is 9.59 Å². The van der Waals surface area contributed by atoms with Gasteiger partial charge in [-0.25, -0.2) is 4.79 Å². The molecule has 1 atom stereocenters. The number of carbonyl (C=O) groups is 2. The van der Waals surface area contributed by atoms with Gasteiger partial charge in [-0.05, 0) is 19.9 Å². The van der Waals surface area contributed by atoms with E-state index in [1.54, 1.807) is 13.0 Å². The van der Waals surface area contributed by atoms with Crippen LogP contribution in [0.2, 0.25) is 5.02 Å². The number of amides is 3. The zero-order chi connectivity index (χ0) is 16.6. The van der Waals surface area contributed by atoms with Gasteiger partial charge in [0.15, 0.2) is 0 Å². The maximum absolute atomic E-state index is 11.9. The molecule has 0 radical (unpaired) electrons. The van der Waals surface area contributed by atoms with Gasteiger partial charge in [0.2, 0.25) is 0 Å². The summed E-state index contributed by atoms with van der Waals surface area (Å²) in [5, 5.41) is 5.41. The summed E-state index contributed by atoms with van der Waals surface area (Å²) in [5.74, 6) is 0.982. The Labute approximate surface area is 138 Å². The van der Waals surface area contributed by atoms with Crippen LogP contribution in [0, 0.1) is 0 Å². The van der Waals surface area contributed by atoms with Gasteiger partial charge in [-0.15, -0.1) is 0 Å². The van der Waals surface area contributed by atoms with E-state index in [0.717, 1.165) is 5.56 Å². The number of rotatable bonds is 4. The van der Waals surface area contributed by atoms with Crippen molar-refractivity contribution in [1.82, 2.24) is 15.5 Å². The van der Waals surface area contributed by atoms with Crippen LogP contribution < -0.4 is 20.1 Å². The molecular weight excluding hydrogens is 322 g/mol. The first kappa shape index (κ1) is 15.9. The SMILES string of the molecule is CCOc1cc2c(cc1Cl)OCN(CC1(C)NC(=O)NC1=O)C2. The average molecular weight is 340 g/mol. The number of carbonyl (C=O) groups excluding carboxylic acids is 2. The van der Waals surface area contributed by atoms with Crippen LogP contribution in [0.1, 0.15) is 19.4 Å². The molecule has 2 aliphatic rings. The maximum atomic E-state index is 11.9. The van der Waals surface area contributed by atoms with E-state index in [1.807, 2.05) is 17.9 Å². The molecular formula is C15H18ClN3O4. The summed E-state index contributed by atoms with van der Waals surface area (Å²) >= 11 is 6.15. The number of hydrogen-bond acceptors (Lipinski definition) is 5. The van der Waals surface area contributed by atoms with Gasteiger partial charge in [0.1, 0.15) is 23.8 Å². The van der Waals surface area contributed by atoms with Crippen LogP contribution in [0.3, 0.4) is 0 Å². The number of halogens is 1. The van der Waals surface area contributed by atoms with Crippen LogP contribution in [0.25, 0.3) is 0 Å². The topological polar surface area (TPSA) is 79.9 Å². The number of ether oxygens (including phenoxy) is 2. The van der Waals surface area contributed by atoms with Crippen molar-refractivity contribution in [2.24, 2.45) is 0 Å². The molecule has 2 N–H and O–H groups in total. The van der Waals surface area contributed by atoms with E-state index in [1.165, 1.54) is 0 Å². The Bertz CT molecular complexity index is 666. The van der Waals surface area contributed by atoms with Gasteiger partial charge >= 0.3 is 6.03 Å². The van der Waals surface area contributed by atoms with Gasteiger partial charge in [-0.1, -0.05) is 11.6 Å². The lowest BCUT2D eigenvalue weighted by Crippen LogP contribution is -2.53. The first-order valence-corrected chi connectivity index (χ1v) is 7.73. The molecule has 0 bridgehead atoms. The molecule has 1 fully saturated rings. The number of fused-ring (bicyclic) bond motifs is 1. The summed E-state index contributed by atoms with van der Waals surface area (Å²) in [7, 11) is 0. The minimum atomic E-state index is -0.965. The predicted molar refractivity (Wildman–Crippen MR) is 83.6 cm³/mol. The second-order valence-electron chi connectivity index (χ2n) is 5.82. The highest BCUT2D eigenvalue weighted by molar-refractivity contribution is 6.32. The number of hydrogen-bond donors (Lipinski definition) is 2. The Morgan fingerprint density at radius 2 is 2.22 bits per heavy atom. The smallest absolute Gasteiger partial charge is 0.322 e. The number of benzene rings is 1. The van der Waals surface area contributed by atoms with Crippen LogP contribution in [-0.4, -0.2) is 42.3 Å². The third kappa shape index (κ3) is 3.07. The van der Waals surface area contributed by atoms with Gasteiger partial charge in [0.05, 0.1) is 11.6 Å². The molecule has 0 aliphatic carbocycles. The zero-order valence-electron chi connectivity index (χ0n) is 12.9. The Hall–Kier alpha value is -1.99. The van der Waals surface area contributed by atoms with Gasteiger partial charge in [0, 0.05) is 24.7 Å². The fourth-order valence-electron chi connectivity index (χ4n) is 2.79. The van der Waals surface area contributed by atoms with Crippen molar-refractivity contribution in [1.29, 1.82) is 0 Å². The zero-order valence-corrected chi connectivity index (χ0v) is 13.7. The van der Waals surface area contributed by atoms with Crippen molar-refractivity contribution in [3.05, 3.63) is 22.7 Å². The van der Waals surface area contributed by atoms with Crippen molar-refractivity contribution in [3.63, 3.8) is 0 Å². The molecule has 1 aromatic carbocycles. The normalized spacial score (nSPS) is 23.8. The third-order valence-corrected chi connectivity index (χ3v) is 4.16. The summed E-state index contributed by atoms with van der Waals surface area (Å²) in [4.78, 5) is 25.2. The standard InChI is InChI=1S/C15H18ClN3O4/c1-3-22-12-4-9-6-19(8-23-11(9)5-10(12)16)7-15(2)13(20)17-14(21)18-15/h4-5H,3,6-8H2,1-2H3,(H2,17,18,20,21). The maximum Gasteiger partial charge on any atom is 0.322 e. The summed E-state index contributed by atoms with van der Waals surface area (Å²) in [6, 6.07) is 3.12. The molecule has 23 heavy (non-hydrogen) atoms. The lowest BCUT2D eigenvalue weighted by atomic mass is 10.0. The highest BCUT2D eigenvalue weighted by Crippen LogP contribution is 2.35. The molecule has 1 saturated heterocycles. The van der Waals surface area contributed by atoms with Crippen molar-refractivity contribution < 1.29 is 19.1 Å². The van der Waals surface area contributed by atoms with Gasteiger partial charge < -0.3 is 14.8 Å². The number of urea groups is 1. The molecule has 8 heteroatoms. The third-order valence-electron chi connectivity index (χ3n) is 3.87. The Balaban J connectivity index is 1.76. The molecule has 0 aromatic heterocycles. The highest BCUT2D eigenvalue weighted by atomic mass is 35.5. The molecule has 1 unspecified atom stereocenters. The molecule has 3 rings (SSSR count). The molecule has 0 spiro atoms. The first-order chi connectivity index (χ1) is 10.9. The van der Waals surface area contributed by atoms with Crippen molar-refractivity contribution in [2.75, 3.05) is 19.9 Å². The number of imide groups is 1. The Morgan fingerprint density at radius 1 is 1.43 bits per heavy atom. The summed E-state index contributed by atoms with van der Waals surface area (Å²) in [5.41, 5.74) is -0.0370. The number of nitrogens with zero attached hydrogens (tertiary/aromatic N) is 1. The van der Waals surface area contributed by atoms with Crippen molar-refractivity contribution in [3.8, 4) is 11.5 Å². The molecule has 7 nitrogen and oxygen atoms in total. The average Bonchev–Trinajstić information content (AvgIpc) is 2.73. The second kappa shape index (κ2) is 5.90. The predicted octanol–water partition coefficient (Wildman–Crippen LogP) is 1.49. The van der Waals surface area contributed by atoms with E-state index in [-0.39, 0.29) is 5.91 Å². The molecule has 0 saturated carbocycles. The minimum absolute atomic E-state index is 0.316. The van der Waals surface area contributed by atoms with Gasteiger partial charge in [-0.3, -0.25) is 15.0 Å². The second-order valence-corrected chi connectivity index (χ2v) is 6.23. The summed E-state index contributed by atoms with van der Waals surface area (Å²) in [6.07, 6.45) is 0. The van der Waals surface area contributed by atoms with Crippen molar-refractivity contribution >= 4 is 23.5 Å². The lowest BCUT2D eigenvalue weighted by Gasteiger charge is -2.34. The Kier molecular flexibility index (Phi) is 4.08. The van der Waals surface area contributed by atoms with Crippen LogP contribution in [0.4, 0.5) is 4.79 Å². The van der Waals surface area contributed by atoms with E-state index in [2.05, 4.69) is 10.6 Å². The molecule has 1 aromatic rings. The van der Waals surface area contributed by atoms with E-state index in [0.29, 0.717) is 42.9 Å². The molecule has 124 valence electrons. The molecule has 3 amide bonds. The monoisotopic (exact) mass is 339 g/mol. The summed E-state index contributed by atoms with van der Waals surface area (Å²) < 4.78 is 11.2. The van der Waals surface area contributed by atoms with E-state index < -0.39 is 11.6 Å². The minimum Gasteiger partial charge on any atom is -0.492 e. The van der Waals surface area contributed by atoms with Crippen LogP contribution in [-0.2, 0) is 11.3 Å². The number of nitrogens with one attached hydrogen (secondary N) is 2. The van der Waals surface area contributed by atoms with Crippen LogP contribution in [0.5, 0.6) is 11.5 Å². The van der Waals surface area contributed by atoms with Gasteiger partial charge in [-0.2, -0.15) is 0 Å². The fraction of sp³-hybridized carbons (Fsp3) is 0.467. The summed E-state index contributed by atoms with van der Waals surface area (Å²) in [6.45, 7) is 5.34. The Morgan fingerprint density at radius 3 is 2.87 bits per heavy atom. The van der Waals surface area contributed by atoms with Crippen molar-refractivity contribution in [2.45, 2.75) is 25.9 Å². The van der Waals surface area contributed by atoms with E-state index >= 15 is 0 Å². The fourth-order valence-corrected chi connectivity index (χ4v) is 3.00. The quantitative estimate of drug-likeness (QED) is 0.812. The van der Waals surface area contributed by atoms with Crippen LogP contribution >= 0.6 is 11.6 Å².